The molecule has 0 bridgehead atoms. The van der Waals surface area contributed by atoms with Crippen LogP contribution in [0, 0.1) is 0 Å². The van der Waals surface area contributed by atoms with Crippen LogP contribution in [0.4, 0.5) is 0 Å². The highest BCUT2D eigenvalue weighted by atomic mass is 16.5. The molecule has 120 valence electrons. The van der Waals surface area contributed by atoms with E-state index >= 15 is 0 Å². The van der Waals surface area contributed by atoms with E-state index in [0.29, 0.717) is 18.8 Å². The zero-order valence-corrected chi connectivity index (χ0v) is 13.1. The van der Waals surface area contributed by atoms with Crippen molar-refractivity contribution in [2.75, 3.05) is 7.11 Å². The molecule has 2 aromatic rings. The predicted molar refractivity (Wildman–Crippen MR) is 87.3 cm³/mol. The maximum atomic E-state index is 11.3. The number of hydrogen-bond donors (Lipinski definition) is 0. The Morgan fingerprint density at radius 2 is 1.91 bits per heavy atom. The van der Waals surface area contributed by atoms with Crippen LogP contribution in [0.5, 0.6) is 5.75 Å². The number of methoxy groups -OCH3 is 1. The number of carbonyl (C=O) groups excluding carboxylic acids is 2. The van der Waals surface area contributed by atoms with E-state index in [0.717, 1.165) is 17.4 Å². The second-order valence-electron chi connectivity index (χ2n) is 5.20. The van der Waals surface area contributed by atoms with Crippen LogP contribution < -0.4 is 4.74 Å². The van der Waals surface area contributed by atoms with Gasteiger partial charge in [-0.25, -0.2) is 0 Å². The molecular weight excluding hydrogens is 292 g/mol. The summed E-state index contributed by atoms with van der Waals surface area (Å²) in [5, 5.41) is 0. The van der Waals surface area contributed by atoms with Gasteiger partial charge in [0.2, 0.25) is 0 Å². The first kappa shape index (κ1) is 16.7. The molecule has 0 spiro atoms. The lowest BCUT2D eigenvalue weighted by Gasteiger charge is -2.12. The molecule has 0 unspecified atom stereocenters. The third kappa shape index (κ3) is 5.25. The fourth-order valence-corrected chi connectivity index (χ4v) is 2.26. The smallest absolute Gasteiger partial charge is 0.305 e. The molecule has 1 atom stereocenters. The van der Waals surface area contributed by atoms with Gasteiger partial charge in [0, 0.05) is 12.3 Å². The van der Waals surface area contributed by atoms with Gasteiger partial charge in [0.1, 0.15) is 18.6 Å². The summed E-state index contributed by atoms with van der Waals surface area (Å²) in [5.74, 6) is 0.0546. The standard InChI is InChI=1S/C19H20O4/c1-22-19(21)11-10-17(13-20)16-8-5-9-18(12-16)23-14-15-6-3-2-4-7-15/h2-9,12-13,17H,10-11,14H2,1H3/t17-/m1/s1. The zero-order chi connectivity index (χ0) is 16.5. The lowest BCUT2D eigenvalue weighted by molar-refractivity contribution is -0.140. The highest BCUT2D eigenvalue weighted by Gasteiger charge is 2.13. The maximum Gasteiger partial charge on any atom is 0.305 e. The van der Waals surface area contributed by atoms with Crippen LogP contribution in [-0.2, 0) is 20.9 Å². The van der Waals surface area contributed by atoms with Crippen molar-refractivity contribution in [3.8, 4) is 5.75 Å². The van der Waals surface area contributed by atoms with Crippen molar-refractivity contribution in [1.29, 1.82) is 0 Å². The van der Waals surface area contributed by atoms with E-state index in [4.69, 9.17) is 4.74 Å². The van der Waals surface area contributed by atoms with Crippen molar-refractivity contribution in [1.82, 2.24) is 0 Å². The highest BCUT2D eigenvalue weighted by Crippen LogP contribution is 2.24. The fraction of sp³-hybridized carbons (Fsp3) is 0.263. The van der Waals surface area contributed by atoms with Crippen LogP contribution in [0.3, 0.4) is 0 Å². The predicted octanol–water partition coefficient (Wildman–Crippen LogP) is 3.50. The Morgan fingerprint density at radius 3 is 2.61 bits per heavy atom. The van der Waals surface area contributed by atoms with Crippen molar-refractivity contribution in [3.63, 3.8) is 0 Å². The van der Waals surface area contributed by atoms with Crippen molar-refractivity contribution in [2.24, 2.45) is 0 Å². The van der Waals surface area contributed by atoms with Crippen molar-refractivity contribution < 1.29 is 19.1 Å². The van der Waals surface area contributed by atoms with E-state index in [1.54, 1.807) is 0 Å². The maximum absolute atomic E-state index is 11.3. The number of benzene rings is 2. The van der Waals surface area contributed by atoms with Gasteiger partial charge in [-0.05, 0) is 29.7 Å². The lowest BCUT2D eigenvalue weighted by atomic mass is 9.95. The molecule has 2 rings (SSSR count). The first-order valence-corrected chi connectivity index (χ1v) is 7.51. The molecule has 4 heteroatoms. The average molecular weight is 312 g/mol. The summed E-state index contributed by atoms with van der Waals surface area (Å²) >= 11 is 0. The van der Waals surface area contributed by atoms with E-state index in [1.165, 1.54) is 7.11 Å². The number of hydrogen-bond acceptors (Lipinski definition) is 4. The van der Waals surface area contributed by atoms with Crippen LogP contribution >= 0.6 is 0 Å². The Kier molecular flexibility index (Phi) is 6.36. The molecule has 23 heavy (non-hydrogen) atoms. The minimum absolute atomic E-state index is 0.217. The Balaban J connectivity index is 1.99. The normalized spacial score (nSPS) is 11.5. The third-order valence-electron chi connectivity index (χ3n) is 3.59. The van der Waals surface area contributed by atoms with Gasteiger partial charge in [0.15, 0.2) is 0 Å². The Bertz CT molecular complexity index is 637. The fourth-order valence-electron chi connectivity index (χ4n) is 2.26. The summed E-state index contributed by atoms with van der Waals surface area (Å²) in [6.07, 6.45) is 1.51. The van der Waals surface area contributed by atoms with Crippen LogP contribution in [-0.4, -0.2) is 19.4 Å². The molecule has 0 heterocycles. The van der Waals surface area contributed by atoms with Crippen LogP contribution in [0.2, 0.25) is 0 Å². The van der Waals surface area contributed by atoms with E-state index in [9.17, 15) is 9.59 Å². The highest BCUT2D eigenvalue weighted by molar-refractivity contribution is 5.71. The summed E-state index contributed by atoms with van der Waals surface area (Å²) in [7, 11) is 1.34. The molecule has 0 saturated carbocycles. The van der Waals surface area contributed by atoms with Crippen LogP contribution in [0.15, 0.2) is 54.6 Å². The summed E-state index contributed by atoms with van der Waals surface area (Å²) in [6, 6.07) is 17.3. The van der Waals surface area contributed by atoms with Gasteiger partial charge in [-0.1, -0.05) is 42.5 Å². The van der Waals surface area contributed by atoms with E-state index < -0.39 is 0 Å². The van der Waals surface area contributed by atoms with E-state index in [1.807, 2.05) is 54.6 Å². The van der Waals surface area contributed by atoms with Gasteiger partial charge in [0.25, 0.3) is 0 Å². The first-order valence-electron chi connectivity index (χ1n) is 7.51. The number of aldehydes is 1. The number of esters is 1. The van der Waals surface area contributed by atoms with E-state index in [-0.39, 0.29) is 18.3 Å². The molecule has 4 nitrogen and oxygen atoms in total. The number of rotatable bonds is 8. The van der Waals surface area contributed by atoms with Gasteiger partial charge in [-0.3, -0.25) is 4.79 Å². The van der Waals surface area contributed by atoms with E-state index in [2.05, 4.69) is 4.74 Å². The monoisotopic (exact) mass is 312 g/mol. The molecule has 0 aliphatic heterocycles. The first-order chi connectivity index (χ1) is 11.2. The van der Waals surface area contributed by atoms with Gasteiger partial charge in [-0.2, -0.15) is 0 Å². The lowest BCUT2D eigenvalue weighted by Crippen LogP contribution is -2.06. The second kappa shape index (κ2) is 8.73. The van der Waals surface area contributed by atoms with Crippen LogP contribution in [0.1, 0.15) is 29.9 Å². The molecule has 2 aromatic carbocycles. The van der Waals surface area contributed by atoms with Gasteiger partial charge >= 0.3 is 5.97 Å². The minimum Gasteiger partial charge on any atom is -0.489 e. The molecule has 0 aliphatic rings. The molecular formula is C19H20O4. The molecule has 0 aliphatic carbocycles. The van der Waals surface area contributed by atoms with Crippen LogP contribution in [0.25, 0.3) is 0 Å². The number of ether oxygens (including phenoxy) is 2. The van der Waals surface area contributed by atoms with Crippen molar-refractivity contribution >= 4 is 12.3 Å². The molecule has 0 N–H and O–H groups in total. The molecule has 0 fully saturated rings. The van der Waals surface area contributed by atoms with Crippen molar-refractivity contribution in [3.05, 3.63) is 65.7 Å². The quantitative estimate of drug-likeness (QED) is 0.553. The number of carbonyl (C=O) groups is 2. The Labute approximate surface area is 136 Å². The third-order valence-corrected chi connectivity index (χ3v) is 3.59. The molecule has 0 amide bonds. The Morgan fingerprint density at radius 1 is 1.13 bits per heavy atom. The largest absolute Gasteiger partial charge is 0.489 e. The summed E-state index contributed by atoms with van der Waals surface area (Å²) in [6.45, 7) is 0.470. The summed E-state index contributed by atoms with van der Waals surface area (Å²) < 4.78 is 10.4. The van der Waals surface area contributed by atoms with Crippen molar-refractivity contribution in [2.45, 2.75) is 25.4 Å². The average Bonchev–Trinajstić information content (AvgIpc) is 2.61. The zero-order valence-electron chi connectivity index (χ0n) is 13.1. The molecule has 0 radical (unpaired) electrons. The molecule has 0 saturated heterocycles. The second-order valence-corrected chi connectivity index (χ2v) is 5.20. The molecule has 0 aromatic heterocycles. The van der Waals surface area contributed by atoms with Gasteiger partial charge in [0.05, 0.1) is 7.11 Å². The summed E-state index contributed by atoms with van der Waals surface area (Å²) in [4.78, 5) is 22.5. The van der Waals surface area contributed by atoms with Gasteiger partial charge in [-0.15, -0.1) is 0 Å². The van der Waals surface area contributed by atoms with Gasteiger partial charge < -0.3 is 14.3 Å². The SMILES string of the molecule is COC(=O)CC[C@H](C=O)c1cccc(OCc2ccccc2)c1. The topological polar surface area (TPSA) is 52.6 Å². The Hall–Kier alpha value is -2.62. The summed E-state index contributed by atoms with van der Waals surface area (Å²) in [5.41, 5.74) is 1.92. The minimum atomic E-state index is -0.339.